The summed E-state index contributed by atoms with van der Waals surface area (Å²) in [6, 6.07) is 17.7. The lowest BCUT2D eigenvalue weighted by Gasteiger charge is -2.07. The number of nitrogens with one attached hydrogen (secondary N) is 1. The van der Waals surface area contributed by atoms with Crippen molar-refractivity contribution >= 4 is 11.6 Å². The van der Waals surface area contributed by atoms with Gasteiger partial charge in [-0.1, -0.05) is 18.2 Å². The lowest BCUT2D eigenvalue weighted by Crippen LogP contribution is -2.23. The van der Waals surface area contributed by atoms with Crippen LogP contribution >= 0.6 is 0 Å². The number of benzene rings is 2. The van der Waals surface area contributed by atoms with Crippen molar-refractivity contribution in [1.29, 1.82) is 0 Å². The Morgan fingerprint density at radius 2 is 2.04 bits per heavy atom. The van der Waals surface area contributed by atoms with Gasteiger partial charge < -0.3 is 15.8 Å². The smallest absolute Gasteiger partial charge is 0.193 e. The number of hydrogen-bond acceptors (Lipinski definition) is 3. The number of nitrogens with two attached hydrogens (primary N) is 1. The van der Waals surface area contributed by atoms with Crippen molar-refractivity contribution in [1.82, 2.24) is 9.78 Å². The Morgan fingerprint density at radius 3 is 2.76 bits per heavy atom. The second kappa shape index (κ2) is 8.01. The SMILES string of the molecule is COc1cccc(NC(N)=NCCc2ccc(-n3cccn3)cc2)c1. The summed E-state index contributed by atoms with van der Waals surface area (Å²) < 4.78 is 7.02. The molecule has 0 amide bonds. The average molecular weight is 335 g/mol. The first-order valence-corrected chi connectivity index (χ1v) is 8.04. The van der Waals surface area contributed by atoms with Gasteiger partial charge in [0.1, 0.15) is 5.75 Å². The molecule has 6 nitrogen and oxygen atoms in total. The van der Waals surface area contributed by atoms with Crippen LogP contribution in [0.1, 0.15) is 5.56 Å². The van der Waals surface area contributed by atoms with E-state index < -0.39 is 0 Å². The number of rotatable bonds is 6. The lowest BCUT2D eigenvalue weighted by atomic mass is 10.1. The molecule has 3 N–H and O–H groups in total. The van der Waals surface area contributed by atoms with Gasteiger partial charge in [0.25, 0.3) is 0 Å². The van der Waals surface area contributed by atoms with Crippen LogP contribution in [0.15, 0.2) is 72.0 Å². The van der Waals surface area contributed by atoms with E-state index in [4.69, 9.17) is 10.5 Å². The summed E-state index contributed by atoms with van der Waals surface area (Å²) in [6.45, 7) is 0.615. The molecule has 0 aliphatic carbocycles. The summed E-state index contributed by atoms with van der Waals surface area (Å²) in [5.74, 6) is 1.16. The summed E-state index contributed by atoms with van der Waals surface area (Å²) in [5.41, 5.74) is 9.03. The number of nitrogens with zero attached hydrogens (tertiary/aromatic N) is 3. The molecule has 0 fully saturated rings. The van der Waals surface area contributed by atoms with Crippen LogP contribution in [0.5, 0.6) is 5.75 Å². The maximum atomic E-state index is 5.94. The van der Waals surface area contributed by atoms with E-state index in [-0.39, 0.29) is 0 Å². The molecule has 0 radical (unpaired) electrons. The number of ether oxygens (including phenoxy) is 1. The predicted molar refractivity (Wildman–Crippen MR) is 100 cm³/mol. The minimum absolute atomic E-state index is 0.390. The van der Waals surface area contributed by atoms with Crippen LogP contribution in [0, 0.1) is 0 Å². The zero-order valence-electron chi connectivity index (χ0n) is 14.1. The van der Waals surface area contributed by atoms with Gasteiger partial charge in [0.15, 0.2) is 5.96 Å². The van der Waals surface area contributed by atoms with E-state index in [2.05, 4.69) is 27.5 Å². The van der Waals surface area contributed by atoms with Crippen LogP contribution in [-0.2, 0) is 6.42 Å². The van der Waals surface area contributed by atoms with E-state index in [1.807, 2.05) is 53.3 Å². The Hall–Kier alpha value is -3.28. The van der Waals surface area contributed by atoms with Gasteiger partial charge in [-0.05, 0) is 42.3 Å². The molecule has 3 rings (SSSR count). The minimum atomic E-state index is 0.390. The highest BCUT2D eigenvalue weighted by atomic mass is 16.5. The zero-order valence-corrected chi connectivity index (χ0v) is 14.1. The van der Waals surface area contributed by atoms with Crippen LogP contribution in [0.25, 0.3) is 5.69 Å². The van der Waals surface area contributed by atoms with Gasteiger partial charge >= 0.3 is 0 Å². The fourth-order valence-corrected chi connectivity index (χ4v) is 2.43. The van der Waals surface area contributed by atoms with Crippen LogP contribution in [0.4, 0.5) is 5.69 Å². The summed E-state index contributed by atoms with van der Waals surface area (Å²) in [4.78, 5) is 4.37. The molecule has 1 aromatic heterocycles. The van der Waals surface area contributed by atoms with Gasteiger partial charge in [0.2, 0.25) is 0 Å². The highest BCUT2D eigenvalue weighted by Gasteiger charge is 1.99. The third-order valence-corrected chi connectivity index (χ3v) is 3.73. The largest absolute Gasteiger partial charge is 0.497 e. The summed E-state index contributed by atoms with van der Waals surface area (Å²) in [5, 5.41) is 7.28. The molecule has 1 heterocycles. The van der Waals surface area contributed by atoms with Crippen LogP contribution in [-0.4, -0.2) is 29.4 Å². The fourth-order valence-electron chi connectivity index (χ4n) is 2.43. The molecule has 128 valence electrons. The number of aliphatic imine (C=N–C) groups is 1. The summed E-state index contributed by atoms with van der Waals surface area (Å²) >= 11 is 0. The van der Waals surface area contributed by atoms with Gasteiger partial charge in [-0.15, -0.1) is 0 Å². The number of hydrogen-bond donors (Lipinski definition) is 2. The first kappa shape index (κ1) is 16.6. The number of guanidine groups is 1. The highest BCUT2D eigenvalue weighted by molar-refractivity contribution is 5.92. The molecule has 25 heavy (non-hydrogen) atoms. The zero-order chi connectivity index (χ0) is 17.5. The average Bonchev–Trinajstić information content (AvgIpc) is 3.17. The maximum absolute atomic E-state index is 5.94. The van der Waals surface area contributed by atoms with Crippen LogP contribution < -0.4 is 15.8 Å². The van der Waals surface area contributed by atoms with E-state index >= 15 is 0 Å². The third kappa shape index (κ3) is 4.60. The summed E-state index contributed by atoms with van der Waals surface area (Å²) in [7, 11) is 1.63. The Balaban J connectivity index is 1.53. The molecule has 2 aromatic carbocycles. The Bertz CT molecular complexity index is 825. The Labute approximate surface area is 147 Å². The van der Waals surface area contributed by atoms with E-state index in [9.17, 15) is 0 Å². The highest BCUT2D eigenvalue weighted by Crippen LogP contribution is 2.16. The van der Waals surface area contributed by atoms with Gasteiger partial charge in [-0.25, -0.2) is 4.68 Å². The molecule has 6 heteroatoms. The predicted octanol–water partition coefficient (Wildman–Crippen LogP) is 2.85. The molecule has 0 saturated carbocycles. The standard InChI is InChI=1S/C19H21N5O/c1-25-18-5-2-4-16(14-18)23-19(20)21-12-10-15-6-8-17(9-7-15)24-13-3-11-22-24/h2-9,11,13-14H,10,12H2,1H3,(H3,20,21,23). The van der Waals surface area contributed by atoms with Gasteiger partial charge in [-0.2, -0.15) is 5.10 Å². The lowest BCUT2D eigenvalue weighted by molar-refractivity contribution is 0.415. The molecular weight excluding hydrogens is 314 g/mol. The monoisotopic (exact) mass is 335 g/mol. The molecule has 0 atom stereocenters. The number of anilines is 1. The molecule has 0 aliphatic rings. The Morgan fingerprint density at radius 1 is 1.20 bits per heavy atom. The van der Waals surface area contributed by atoms with Crippen molar-refractivity contribution in [3.63, 3.8) is 0 Å². The Kier molecular flexibility index (Phi) is 5.31. The first-order chi connectivity index (χ1) is 12.2. The van der Waals surface area contributed by atoms with E-state index in [0.717, 1.165) is 23.5 Å². The fraction of sp³-hybridized carbons (Fsp3) is 0.158. The number of methoxy groups -OCH3 is 1. The molecule has 0 bridgehead atoms. The van der Waals surface area contributed by atoms with E-state index in [0.29, 0.717) is 12.5 Å². The second-order valence-corrected chi connectivity index (χ2v) is 5.49. The van der Waals surface area contributed by atoms with Crippen molar-refractivity contribution in [2.24, 2.45) is 10.7 Å². The first-order valence-electron chi connectivity index (χ1n) is 8.04. The van der Waals surface area contributed by atoms with Crippen LogP contribution in [0.2, 0.25) is 0 Å². The minimum Gasteiger partial charge on any atom is -0.497 e. The molecular formula is C19H21N5O. The van der Waals surface area contributed by atoms with E-state index in [1.54, 1.807) is 13.3 Å². The van der Waals surface area contributed by atoms with Crippen molar-refractivity contribution in [3.8, 4) is 11.4 Å². The van der Waals surface area contributed by atoms with Crippen molar-refractivity contribution in [2.45, 2.75) is 6.42 Å². The van der Waals surface area contributed by atoms with Crippen molar-refractivity contribution in [3.05, 3.63) is 72.6 Å². The van der Waals surface area contributed by atoms with Crippen molar-refractivity contribution < 1.29 is 4.74 Å². The third-order valence-electron chi connectivity index (χ3n) is 3.73. The second-order valence-electron chi connectivity index (χ2n) is 5.49. The molecule has 0 spiro atoms. The molecule has 0 saturated heterocycles. The quantitative estimate of drug-likeness (QED) is 0.536. The van der Waals surface area contributed by atoms with E-state index in [1.165, 1.54) is 5.56 Å². The topological polar surface area (TPSA) is 77.5 Å². The normalized spacial score (nSPS) is 11.3. The molecule has 0 aliphatic heterocycles. The van der Waals surface area contributed by atoms with Gasteiger partial charge in [0.05, 0.1) is 12.8 Å². The maximum Gasteiger partial charge on any atom is 0.193 e. The molecule has 3 aromatic rings. The molecule has 0 unspecified atom stereocenters. The van der Waals surface area contributed by atoms with Crippen LogP contribution in [0.3, 0.4) is 0 Å². The summed E-state index contributed by atoms with van der Waals surface area (Å²) in [6.07, 6.45) is 4.50. The van der Waals surface area contributed by atoms with Gasteiger partial charge in [-0.3, -0.25) is 4.99 Å². The van der Waals surface area contributed by atoms with Gasteiger partial charge in [0, 0.05) is 30.7 Å². The number of aromatic nitrogens is 2. The van der Waals surface area contributed by atoms with Crippen molar-refractivity contribution in [2.75, 3.05) is 19.0 Å².